The van der Waals surface area contributed by atoms with Crippen molar-refractivity contribution < 1.29 is 24.2 Å². The zero-order chi connectivity index (χ0) is 28.5. The molecule has 8 nitrogen and oxygen atoms in total. The largest absolute Gasteiger partial charge is 0.490 e. The predicted octanol–water partition coefficient (Wildman–Crippen LogP) is 4.32. The van der Waals surface area contributed by atoms with Crippen LogP contribution < -0.4 is 9.64 Å². The fourth-order valence-electron chi connectivity index (χ4n) is 4.81. The number of anilines is 1. The number of likely N-dealkylation sites (N-methyl/N-ethyl adjacent to an activating group) is 1. The second kappa shape index (κ2) is 14.3. The third-order valence-electron chi connectivity index (χ3n) is 7.37. The Balaban J connectivity index is 1.93. The number of amides is 2. The number of rotatable bonds is 6. The molecular weight excluding hydrogens is 494 g/mol. The SMILES string of the molecule is C[C@@H]1CN([C@H](C)CO)C(=O)c2cc(N(C)C)ccc2O[C@@H](C)CCCCO[C@H]1CN(C)C(=O)c1ccccc1. The van der Waals surface area contributed by atoms with Crippen LogP contribution in [0.5, 0.6) is 5.75 Å². The van der Waals surface area contributed by atoms with E-state index >= 15 is 0 Å². The number of carbonyl (C=O) groups excluding carboxylic acids is 2. The molecule has 0 saturated carbocycles. The van der Waals surface area contributed by atoms with Gasteiger partial charge in [0.25, 0.3) is 11.8 Å². The predicted molar refractivity (Wildman–Crippen MR) is 155 cm³/mol. The minimum Gasteiger partial charge on any atom is -0.490 e. The highest BCUT2D eigenvalue weighted by Gasteiger charge is 2.31. The molecule has 0 bridgehead atoms. The summed E-state index contributed by atoms with van der Waals surface area (Å²) in [5, 5.41) is 10.1. The summed E-state index contributed by atoms with van der Waals surface area (Å²) < 4.78 is 12.6. The van der Waals surface area contributed by atoms with Crippen LogP contribution >= 0.6 is 0 Å². The number of hydrogen-bond acceptors (Lipinski definition) is 6. The van der Waals surface area contributed by atoms with Crippen LogP contribution in [0.15, 0.2) is 48.5 Å². The van der Waals surface area contributed by atoms with E-state index in [1.54, 1.807) is 16.8 Å². The van der Waals surface area contributed by atoms with E-state index in [2.05, 4.69) is 0 Å². The van der Waals surface area contributed by atoms with Crippen LogP contribution in [0.2, 0.25) is 0 Å². The molecule has 8 heteroatoms. The van der Waals surface area contributed by atoms with Gasteiger partial charge in [0.15, 0.2) is 0 Å². The highest BCUT2D eigenvalue weighted by atomic mass is 16.5. The van der Waals surface area contributed by atoms with Crippen LogP contribution in [0.25, 0.3) is 0 Å². The number of aliphatic hydroxyl groups excluding tert-OH is 1. The number of nitrogens with zero attached hydrogens (tertiary/aromatic N) is 3. The Hall–Kier alpha value is -3.10. The van der Waals surface area contributed by atoms with Crippen molar-refractivity contribution in [2.24, 2.45) is 5.92 Å². The van der Waals surface area contributed by atoms with Gasteiger partial charge in [0, 0.05) is 58.0 Å². The molecule has 0 aliphatic carbocycles. The Bertz CT molecular complexity index is 1080. The minimum atomic E-state index is -0.412. The Kier molecular flexibility index (Phi) is 11.2. The number of hydrogen-bond donors (Lipinski definition) is 1. The summed E-state index contributed by atoms with van der Waals surface area (Å²) in [5.41, 5.74) is 2.00. The highest BCUT2D eigenvalue weighted by Crippen LogP contribution is 2.29. The summed E-state index contributed by atoms with van der Waals surface area (Å²) in [6.07, 6.45) is 2.27. The highest BCUT2D eigenvalue weighted by molar-refractivity contribution is 5.98. The topological polar surface area (TPSA) is 82.6 Å². The summed E-state index contributed by atoms with van der Waals surface area (Å²) in [6.45, 7) is 7.04. The number of ether oxygens (including phenoxy) is 2. The number of benzene rings is 2. The molecule has 2 amide bonds. The van der Waals surface area contributed by atoms with Gasteiger partial charge in [-0.2, -0.15) is 0 Å². The van der Waals surface area contributed by atoms with Gasteiger partial charge in [0.05, 0.1) is 30.4 Å². The summed E-state index contributed by atoms with van der Waals surface area (Å²) in [4.78, 5) is 32.5. The van der Waals surface area contributed by atoms with E-state index in [1.807, 2.05) is 88.3 Å². The van der Waals surface area contributed by atoms with Gasteiger partial charge in [-0.1, -0.05) is 25.1 Å². The lowest BCUT2D eigenvalue weighted by Crippen LogP contribution is -2.48. The van der Waals surface area contributed by atoms with Crippen molar-refractivity contribution in [3.63, 3.8) is 0 Å². The van der Waals surface area contributed by atoms with Crippen molar-refractivity contribution in [3.05, 3.63) is 59.7 Å². The normalized spacial score (nSPS) is 21.8. The molecule has 2 aromatic rings. The van der Waals surface area contributed by atoms with Crippen LogP contribution in [-0.4, -0.2) is 92.4 Å². The maximum atomic E-state index is 14.1. The van der Waals surface area contributed by atoms with E-state index in [-0.39, 0.29) is 36.5 Å². The van der Waals surface area contributed by atoms with E-state index in [0.29, 0.717) is 36.6 Å². The average molecular weight is 540 g/mol. The lowest BCUT2D eigenvalue weighted by molar-refractivity contribution is -0.0149. The lowest BCUT2D eigenvalue weighted by Gasteiger charge is -2.36. The van der Waals surface area contributed by atoms with E-state index in [9.17, 15) is 14.7 Å². The van der Waals surface area contributed by atoms with Crippen molar-refractivity contribution in [2.45, 2.75) is 58.3 Å². The first-order chi connectivity index (χ1) is 18.6. The van der Waals surface area contributed by atoms with E-state index in [1.165, 1.54) is 0 Å². The molecule has 1 aliphatic heterocycles. The molecule has 214 valence electrons. The van der Waals surface area contributed by atoms with Gasteiger partial charge >= 0.3 is 0 Å². The third kappa shape index (κ3) is 8.19. The molecule has 0 aromatic heterocycles. The first kappa shape index (κ1) is 30.4. The van der Waals surface area contributed by atoms with Crippen molar-refractivity contribution in [2.75, 3.05) is 52.3 Å². The van der Waals surface area contributed by atoms with Crippen molar-refractivity contribution in [3.8, 4) is 5.75 Å². The molecule has 4 atom stereocenters. The number of fused-ring (bicyclic) bond motifs is 1. The molecular formula is C31H45N3O5. The molecule has 3 rings (SSSR count). The Morgan fingerprint density at radius 3 is 2.49 bits per heavy atom. The lowest BCUT2D eigenvalue weighted by atomic mass is 10.0. The molecule has 0 radical (unpaired) electrons. The van der Waals surface area contributed by atoms with Crippen molar-refractivity contribution in [1.29, 1.82) is 0 Å². The zero-order valence-corrected chi connectivity index (χ0v) is 24.3. The van der Waals surface area contributed by atoms with E-state index < -0.39 is 6.04 Å². The standard InChI is InChI=1S/C31H45N3O5/c1-22-19-34(23(2)21-35)31(37)27-18-26(32(4)5)15-16-28(27)39-24(3)12-10-11-17-38-29(22)20-33(6)30(36)25-13-8-7-9-14-25/h7-9,13-16,18,22-24,29,35H,10-12,17,19-21H2,1-6H3/t22-,23-,24+,29+/m1/s1. The fraction of sp³-hybridized carbons (Fsp3) is 0.548. The molecule has 0 spiro atoms. The van der Waals surface area contributed by atoms with Gasteiger partial charge in [-0.3, -0.25) is 9.59 Å². The van der Waals surface area contributed by atoms with Gasteiger partial charge in [-0.25, -0.2) is 0 Å². The van der Waals surface area contributed by atoms with Crippen LogP contribution in [0.1, 0.15) is 60.7 Å². The van der Waals surface area contributed by atoms with Crippen molar-refractivity contribution >= 4 is 17.5 Å². The minimum absolute atomic E-state index is 0.0708. The van der Waals surface area contributed by atoms with E-state index in [0.717, 1.165) is 24.9 Å². The Labute approximate surface area is 233 Å². The average Bonchev–Trinajstić information content (AvgIpc) is 2.93. The molecule has 1 aliphatic rings. The van der Waals surface area contributed by atoms with E-state index in [4.69, 9.17) is 9.47 Å². The Morgan fingerprint density at radius 2 is 1.82 bits per heavy atom. The van der Waals surface area contributed by atoms with Gasteiger partial charge in [0.1, 0.15) is 5.75 Å². The first-order valence-electron chi connectivity index (χ1n) is 13.9. The summed E-state index contributed by atoms with van der Waals surface area (Å²) >= 11 is 0. The zero-order valence-electron chi connectivity index (χ0n) is 24.3. The third-order valence-corrected chi connectivity index (χ3v) is 7.37. The summed E-state index contributed by atoms with van der Waals surface area (Å²) in [7, 11) is 5.66. The molecule has 0 unspecified atom stereocenters. The molecule has 2 aromatic carbocycles. The monoisotopic (exact) mass is 539 g/mol. The van der Waals surface area contributed by atoms with Gasteiger partial charge in [-0.05, 0) is 63.4 Å². The summed E-state index contributed by atoms with van der Waals surface area (Å²) in [6, 6.07) is 14.5. The second-order valence-corrected chi connectivity index (χ2v) is 10.9. The van der Waals surface area contributed by atoms with Crippen LogP contribution in [0.4, 0.5) is 5.69 Å². The molecule has 1 heterocycles. The van der Waals surface area contributed by atoms with Crippen LogP contribution in [-0.2, 0) is 4.74 Å². The second-order valence-electron chi connectivity index (χ2n) is 10.9. The van der Waals surface area contributed by atoms with Gasteiger partial charge in [-0.15, -0.1) is 0 Å². The smallest absolute Gasteiger partial charge is 0.258 e. The fourth-order valence-corrected chi connectivity index (χ4v) is 4.81. The molecule has 0 saturated heterocycles. The molecule has 1 N–H and O–H groups in total. The maximum Gasteiger partial charge on any atom is 0.258 e. The molecule has 0 fully saturated rings. The number of aliphatic hydroxyl groups is 1. The first-order valence-corrected chi connectivity index (χ1v) is 13.9. The van der Waals surface area contributed by atoms with Gasteiger partial charge in [0.2, 0.25) is 0 Å². The van der Waals surface area contributed by atoms with Crippen LogP contribution in [0, 0.1) is 5.92 Å². The quantitative estimate of drug-likeness (QED) is 0.589. The van der Waals surface area contributed by atoms with Gasteiger partial charge < -0.3 is 29.3 Å². The maximum absolute atomic E-state index is 14.1. The molecule has 39 heavy (non-hydrogen) atoms. The summed E-state index contributed by atoms with van der Waals surface area (Å²) in [5.74, 6) is 0.189. The number of carbonyl (C=O) groups is 2. The van der Waals surface area contributed by atoms with Crippen LogP contribution in [0.3, 0.4) is 0 Å². The van der Waals surface area contributed by atoms with Crippen molar-refractivity contribution in [1.82, 2.24) is 9.80 Å². The Morgan fingerprint density at radius 1 is 1.10 bits per heavy atom.